The highest BCUT2D eigenvalue weighted by Crippen LogP contribution is 2.20. The second-order valence-electron chi connectivity index (χ2n) is 5.12. The minimum Gasteiger partial charge on any atom is -0.377 e. The van der Waals surface area contributed by atoms with Crippen LogP contribution in [0.2, 0.25) is 0 Å². The Morgan fingerprint density at radius 2 is 1.83 bits per heavy atom. The van der Waals surface area contributed by atoms with Crippen molar-refractivity contribution >= 4 is 0 Å². The molecule has 0 unspecified atom stereocenters. The molecule has 100 valence electrons. The minimum absolute atomic E-state index is 0.552. The van der Waals surface area contributed by atoms with Crippen molar-refractivity contribution in [2.24, 2.45) is 0 Å². The summed E-state index contributed by atoms with van der Waals surface area (Å²) in [5.74, 6) is 0. The lowest BCUT2D eigenvalue weighted by atomic mass is 10.1. The molecule has 0 heterocycles. The van der Waals surface area contributed by atoms with E-state index < -0.39 is 0 Å². The van der Waals surface area contributed by atoms with Crippen LogP contribution >= 0.6 is 0 Å². The molecule has 0 saturated heterocycles. The van der Waals surface area contributed by atoms with Crippen molar-refractivity contribution in [1.29, 1.82) is 0 Å². The topological polar surface area (TPSA) is 21.3 Å². The van der Waals surface area contributed by atoms with Crippen molar-refractivity contribution in [3.63, 3.8) is 0 Å². The Morgan fingerprint density at radius 3 is 2.61 bits per heavy atom. The van der Waals surface area contributed by atoms with Crippen LogP contribution in [0.1, 0.15) is 37.7 Å². The van der Waals surface area contributed by atoms with Gasteiger partial charge in [0.25, 0.3) is 0 Å². The van der Waals surface area contributed by atoms with E-state index in [2.05, 4.69) is 35.6 Å². The lowest BCUT2D eigenvalue weighted by Crippen LogP contribution is -2.23. The van der Waals surface area contributed by atoms with Crippen molar-refractivity contribution in [2.45, 2.75) is 44.6 Å². The van der Waals surface area contributed by atoms with Gasteiger partial charge in [-0.15, -0.1) is 0 Å². The molecule has 0 atom stereocenters. The average molecular weight is 247 g/mol. The van der Waals surface area contributed by atoms with Crippen LogP contribution in [0, 0.1) is 0 Å². The van der Waals surface area contributed by atoms with Crippen molar-refractivity contribution in [3.8, 4) is 0 Å². The van der Waals surface area contributed by atoms with Crippen molar-refractivity contribution in [3.05, 3.63) is 35.9 Å². The third-order valence-corrected chi connectivity index (χ3v) is 3.60. The fraction of sp³-hybridized carbons (Fsp3) is 0.625. The molecule has 1 aromatic carbocycles. The van der Waals surface area contributed by atoms with E-state index in [9.17, 15) is 0 Å². The van der Waals surface area contributed by atoms with E-state index in [1.807, 2.05) is 0 Å². The molecule has 0 amide bonds. The van der Waals surface area contributed by atoms with Crippen molar-refractivity contribution in [2.75, 3.05) is 19.7 Å². The molecule has 2 nitrogen and oxygen atoms in total. The van der Waals surface area contributed by atoms with Gasteiger partial charge in [-0.05, 0) is 37.8 Å². The van der Waals surface area contributed by atoms with E-state index in [0.29, 0.717) is 6.10 Å². The smallest absolute Gasteiger partial charge is 0.0594 e. The SMILES string of the molecule is c1ccc(CCCNCCOC2CCCC2)cc1. The molecule has 2 heteroatoms. The number of hydrogen-bond acceptors (Lipinski definition) is 2. The van der Waals surface area contributed by atoms with E-state index in [1.54, 1.807) is 0 Å². The zero-order chi connectivity index (χ0) is 12.5. The van der Waals surface area contributed by atoms with Crippen LogP contribution < -0.4 is 5.32 Å². The largest absolute Gasteiger partial charge is 0.377 e. The van der Waals surface area contributed by atoms with Gasteiger partial charge >= 0.3 is 0 Å². The third-order valence-electron chi connectivity index (χ3n) is 3.60. The molecule has 1 aliphatic rings. The molecule has 0 radical (unpaired) electrons. The summed E-state index contributed by atoms with van der Waals surface area (Å²) < 4.78 is 5.81. The fourth-order valence-corrected chi connectivity index (χ4v) is 2.54. The normalized spacial score (nSPS) is 16.2. The molecule has 0 spiro atoms. The number of nitrogens with one attached hydrogen (secondary N) is 1. The average Bonchev–Trinajstić information content (AvgIpc) is 2.92. The van der Waals surface area contributed by atoms with E-state index >= 15 is 0 Å². The summed E-state index contributed by atoms with van der Waals surface area (Å²) in [6.07, 6.45) is 8.17. The molecule has 2 rings (SSSR count). The summed E-state index contributed by atoms with van der Waals surface area (Å²) in [6, 6.07) is 10.7. The molecule has 1 aromatic rings. The van der Waals surface area contributed by atoms with Gasteiger partial charge in [0.2, 0.25) is 0 Å². The van der Waals surface area contributed by atoms with E-state index in [-0.39, 0.29) is 0 Å². The van der Waals surface area contributed by atoms with E-state index in [0.717, 1.165) is 26.1 Å². The summed E-state index contributed by atoms with van der Waals surface area (Å²) in [4.78, 5) is 0. The van der Waals surface area contributed by atoms with Gasteiger partial charge in [0.05, 0.1) is 12.7 Å². The van der Waals surface area contributed by atoms with Crippen molar-refractivity contribution < 1.29 is 4.74 Å². The minimum atomic E-state index is 0.552. The number of ether oxygens (including phenoxy) is 1. The summed E-state index contributed by atoms with van der Waals surface area (Å²) in [5, 5.41) is 3.45. The second-order valence-corrected chi connectivity index (χ2v) is 5.12. The Balaban J connectivity index is 1.42. The standard InChI is InChI=1S/C16H25NO/c1-2-7-15(8-3-1)9-6-12-17-13-14-18-16-10-4-5-11-16/h1-3,7-8,16-17H,4-6,9-14H2. The quantitative estimate of drug-likeness (QED) is 0.712. The van der Waals surface area contributed by atoms with Crippen LogP contribution in [-0.2, 0) is 11.2 Å². The Kier molecular flexibility index (Phi) is 6.24. The highest BCUT2D eigenvalue weighted by molar-refractivity contribution is 5.14. The maximum atomic E-state index is 5.81. The first-order valence-electron chi connectivity index (χ1n) is 7.31. The molecule has 1 fully saturated rings. The Bertz CT molecular complexity index is 306. The number of aryl methyl sites for hydroxylation is 1. The first kappa shape index (κ1) is 13.6. The monoisotopic (exact) mass is 247 g/mol. The predicted octanol–water partition coefficient (Wildman–Crippen LogP) is 3.17. The Morgan fingerprint density at radius 1 is 1.06 bits per heavy atom. The van der Waals surface area contributed by atoms with Crippen LogP contribution in [-0.4, -0.2) is 25.8 Å². The van der Waals surface area contributed by atoms with Crippen LogP contribution in [0.25, 0.3) is 0 Å². The molecule has 0 bridgehead atoms. The van der Waals surface area contributed by atoms with Crippen molar-refractivity contribution in [1.82, 2.24) is 5.32 Å². The lowest BCUT2D eigenvalue weighted by Gasteiger charge is -2.11. The zero-order valence-electron chi connectivity index (χ0n) is 11.2. The predicted molar refractivity (Wildman–Crippen MR) is 75.8 cm³/mol. The van der Waals surface area contributed by atoms with Gasteiger partial charge in [0, 0.05) is 6.54 Å². The van der Waals surface area contributed by atoms with Gasteiger partial charge in [-0.3, -0.25) is 0 Å². The van der Waals surface area contributed by atoms with Gasteiger partial charge in [0.1, 0.15) is 0 Å². The van der Waals surface area contributed by atoms with E-state index in [1.165, 1.54) is 37.7 Å². The molecule has 0 aromatic heterocycles. The molecular formula is C16H25NO. The Labute approximate surface area is 111 Å². The molecule has 18 heavy (non-hydrogen) atoms. The van der Waals surface area contributed by atoms with Gasteiger partial charge in [-0.2, -0.15) is 0 Å². The molecule has 1 N–H and O–H groups in total. The molecular weight excluding hydrogens is 222 g/mol. The summed E-state index contributed by atoms with van der Waals surface area (Å²) in [5.41, 5.74) is 1.43. The first-order chi connectivity index (χ1) is 8.95. The number of rotatable bonds is 8. The zero-order valence-corrected chi connectivity index (χ0v) is 11.2. The van der Waals surface area contributed by atoms with Gasteiger partial charge in [-0.25, -0.2) is 0 Å². The second kappa shape index (κ2) is 8.28. The van der Waals surface area contributed by atoms with Crippen LogP contribution in [0.4, 0.5) is 0 Å². The third kappa shape index (κ3) is 5.19. The molecule has 0 aliphatic heterocycles. The van der Waals surface area contributed by atoms with Gasteiger partial charge in [-0.1, -0.05) is 43.2 Å². The molecule has 1 saturated carbocycles. The number of hydrogen-bond donors (Lipinski definition) is 1. The maximum absolute atomic E-state index is 5.81. The highest BCUT2D eigenvalue weighted by Gasteiger charge is 2.14. The van der Waals surface area contributed by atoms with Gasteiger partial charge < -0.3 is 10.1 Å². The highest BCUT2D eigenvalue weighted by atomic mass is 16.5. The Hall–Kier alpha value is -0.860. The lowest BCUT2D eigenvalue weighted by molar-refractivity contribution is 0.0604. The summed E-state index contributed by atoms with van der Waals surface area (Å²) >= 11 is 0. The van der Waals surface area contributed by atoms with Crippen LogP contribution in [0.5, 0.6) is 0 Å². The van der Waals surface area contributed by atoms with Crippen LogP contribution in [0.3, 0.4) is 0 Å². The first-order valence-corrected chi connectivity index (χ1v) is 7.31. The van der Waals surface area contributed by atoms with E-state index in [4.69, 9.17) is 4.74 Å². The summed E-state index contributed by atoms with van der Waals surface area (Å²) in [7, 11) is 0. The van der Waals surface area contributed by atoms with Gasteiger partial charge in [0.15, 0.2) is 0 Å². The fourth-order valence-electron chi connectivity index (χ4n) is 2.54. The van der Waals surface area contributed by atoms with Crippen LogP contribution in [0.15, 0.2) is 30.3 Å². The molecule has 1 aliphatic carbocycles. The summed E-state index contributed by atoms with van der Waals surface area (Å²) in [6.45, 7) is 2.95. The number of benzene rings is 1. The maximum Gasteiger partial charge on any atom is 0.0594 e.